The molecule has 10 nitrogen and oxygen atoms in total. The third kappa shape index (κ3) is 5.70. The van der Waals surface area contributed by atoms with E-state index in [1.165, 1.54) is 6.20 Å². The Morgan fingerprint density at radius 1 is 0.949 bits per heavy atom. The zero-order chi connectivity index (χ0) is 27.5. The molecule has 2 aromatic carbocycles. The van der Waals surface area contributed by atoms with Gasteiger partial charge in [0.2, 0.25) is 5.95 Å². The Bertz CT molecular complexity index is 1490. The van der Waals surface area contributed by atoms with E-state index < -0.39 is 0 Å². The molecule has 5 rings (SSSR count). The van der Waals surface area contributed by atoms with Gasteiger partial charge >= 0.3 is 0 Å². The molecule has 4 aromatic rings. The summed E-state index contributed by atoms with van der Waals surface area (Å²) in [6.07, 6.45) is 1.53. The van der Waals surface area contributed by atoms with Crippen LogP contribution in [0.2, 0.25) is 0 Å². The smallest absolute Gasteiger partial charge is 0.269 e. The van der Waals surface area contributed by atoms with Crippen molar-refractivity contribution in [2.24, 2.45) is 7.05 Å². The van der Waals surface area contributed by atoms with Crippen molar-refractivity contribution >= 4 is 34.5 Å². The molecule has 3 heterocycles. The minimum Gasteiger partial charge on any atom is -0.457 e. The van der Waals surface area contributed by atoms with Crippen molar-refractivity contribution in [1.29, 1.82) is 0 Å². The molecule has 2 N–H and O–H groups in total. The van der Waals surface area contributed by atoms with Crippen LogP contribution in [0.4, 0.5) is 11.6 Å². The maximum atomic E-state index is 13.0. The second-order valence-corrected chi connectivity index (χ2v) is 9.83. The predicted octanol–water partition coefficient (Wildman–Crippen LogP) is 4.03. The first kappa shape index (κ1) is 26.2. The van der Waals surface area contributed by atoms with Crippen LogP contribution < -0.4 is 15.4 Å². The van der Waals surface area contributed by atoms with Gasteiger partial charge in [-0.15, -0.1) is 0 Å². The van der Waals surface area contributed by atoms with Gasteiger partial charge in [0.25, 0.3) is 11.8 Å². The maximum absolute atomic E-state index is 13.0. The van der Waals surface area contributed by atoms with Gasteiger partial charge in [-0.25, -0.2) is 4.98 Å². The van der Waals surface area contributed by atoms with Gasteiger partial charge in [0.05, 0.1) is 11.0 Å². The van der Waals surface area contributed by atoms with Gasteiger partial charge in [-0.05, 0) is 56.3 Å². The Kier molecular flexibility index (Phi) is 7.47. The highest BCUT2D eigenvalue weighted by Gasteiger charge is 2.23. The fourth-order valence-electron chi connectivity index (χ4n) is 4.67. The predicted molar refractivity (Wildman–Crippen MR) is 151 cm³/mol. The SMILES string of the molecule is CNC(=O)c1cc(Oc2ccc3c(c2)nc(Nc2ccc(C(=O)N4CCN(C(C)C)CC4)cc2)n3C)ccn1. The highest BCUT2D eigenvalue weighted by atomic mass is 16.5. The fraction of sp³-hybridized carbons (Fsp3) is 0.310. The number of nitrogens with zero attached hydrogens (tertiary/aromatic N) is 5. The number of fused-ring (bicyclic) bond motifs is 1. The lowest BCUT2D eigenvalue weighted by atomic mass is 10.1. The number of hydrogen-bond donors (Lipinski definition) is 2. The molecule has 0 saturated carbocycles. The van der Waals surface area contributed by atoms with E-state index in [1.54, 1.807) is 19.2 Å². The van der Waals surface area contributed by atoms with Gasteiger partial charge in [0, 0.05) is 75.9 Å². The molecule has 1 fully saturated rings. The highest BCUT2D eigenvalue weighted by molar-refractivity contribution is 5.95. The van der Waals surface area contributed by atoms with Crippen LogP contribution in [0, 0.1) is 0 Å². The van der Waals surface area contributed by atoms with Crippen LogP contribution in [0.25, 0.3) is 11.0 Å². The Balaban J connectivity index is 1.26. The number of piperazine rings is 1. The minimum absolute atomic E-state index is 0.0665. The lowest BCUT2D eigenvalue weighted by molar-refractivity contribution is 0.0595. The Morgan fingerprint density at radius 3 is 2.36 bits per heavy atom. The summed E-state index contributed by atoms with van der Waals surface area (Å²) in [5, 5.41) is 5.90. The van der Waals surface area contributed by atoms with Crippen LogP contribution in [-0.2, 0) is 7.05 Å². The summed E-state index contributed by atoms with van der Waals surface area (Å²) in [6.45, 7) is 7.68. The van der Waals surface area contributed by atoms with Gasteiger partial charge in [0.15, 0.2) is 0 Å². The summed E-state index contributed by atoms with van der Waals surface area (Å²) in [5.74, 6) is 1.55. The highest BCUT2D eigenvalue weighted by Crippen LogP contribution is 2.28. The Morgan fingerprint density at radius 2 is 1.67 bits per heavy atom. The first-order chi connectivity index (χ1) is 18.8. The topological polar surface area (TPSA) is 105 Å². The fourth-order valence-corrected chi connectivity index (χ4v) is 4.67. The van der Waals surface area contributed by atoms with E-state index in [9.17, 15) is 9.59 Å². The van der Waals surface area contributed by atoms with Gasteiger partial charge in [-0.3, -0.25) is 19.5 Å². The second kappa shape index (κ2) is 11.1. The number of anilines is 2. The first-order valence-electron chi connectivity index (χ1n) is 13.1. The molecule has 0 spiro atoms. The van der Waals surface area contributed by atoms with Crippen LogP contribution in [-0.4, -0.2) is 75.4 Å². The number of ether oxygens (including phenoxy) is 1. The van der Waals surface area contributed by atoms with E-state index in [4.69, 9.17) is 9.72 Å². The van der Waals surface area contributed by atoms with Crippen molar-refractivity contribution in [1.82, 2.24) is 29.7 Å². The molecule has 0 aliphatic carbocycles. The summed E-state index contributed by atoms with van der Waals surface area (Å²) in [5.41, 5.74) is 3.48. The van der Waals surface area contributed by atoms with Crippen LogP contribution in [0.1, 0.15) is 34.7 Å². The summed E-state index contributed by atoms with van der Waals surface area (Å²) in [4.78, 5) is 38.0. The molecular weight excluding hydrogens is 494 g/mol. The maximum Gasteiger partial charge on any atom is 0.269 e. The van der Waals surface area contributed by atoms with Crippen LogP contribution in [0.3, 0.4) is 0 Å². The van der Waals surface area contributed by atoms with Crippen molar-refractivity contribution < 1.29 is 14.3 Å². The molecule has 0 unspecified atom stereocenters. The van der Waals surface area contributed by atoms with Gasteiger partial charge in [-0.1, -0.05) is 0 Å². The molecular formula is C29H33N7O3. The molecule has 202 valence electrons. The average Bonchev–Trinajstić information content (AvgIpc) is 3.26. The number of pyridine rings is 1. The van der Waals surface area contributed by atoms with Gasteiger partial charge in [-0.2, -0.15) is 0 Å². The Hall–Kier alpha value is -4.44. The van der Waals surface area contributed by atoms with Crippen molar-refractivity contribution in [3.8, 4) is 11.5 Å². The van der Waals surface area contributed by atoms with Crippen molar-refractivity contribution in [3.05, 3.63) is 72.1 Å². The third-order valence-corrected chi connectivity index (χ3v) is 7.00. The van der Waals surface area contributed by atoms with E-state index in [0.717, 1.165) is 42.9 Å². The largest absolute Gasteiger partial charge is 0.457 e. The van der Waals surface area contributed by atoms with E-state index in [-0.39, 0.29) is 17.5 Å². The zero-order valence-electron chi connectivity index (χ0n) is 22.6. The molecule has 39 heavy (non-hydrogen) atoms. The molecule has 2 aromatic heterocycles. The lowest BCUT2D eigenvalue weighted by Gasteiger charge is -2.37. The number of carbonyl (C=O) groups excluding carboxylic acids is 2. The molecule has 1 saturated heterocycles. The number of aromatic nitrogens is 3. The standard InChI is InChI=1S/C29H33N7O3/c1-19(2)35-13-15-36(16-14-35)28(38)20-5-7-21(8-6-20)32-29-33-24-17-22(9-10-26(24)34(29)4)39-23-11-12-31-25(18-23)27(37)30-3/h5-12,17-19H,13-16H2,1-4H3,(H,30,37)(H,32,33). The molecule has 1 aliphatic heterocycles. The number of amides is 2. The van der Waals surface area contributed by atoms with Crippen LogP contribution in [0.15, 0.2) is 60.8 Å². The van der Waals surface area contributed by atoms with Gasteiger partial charge < -0.3 is 24.8 Å². The van der Waals surface area contributed by atoms with Crippen molar-refractivity contribution in [2.75, 3.05) is 38.5 Å². The van der Waals surface area contributed by atoms with Crippen molar-refractivity contribution in [3.63, 3.8) is 0 Å². The number of imidazole rings is 1. The summed E-state index contributed by atoms with van der Waals surface area (Å²) in [7, 11) is 3.49. The first-order valence-corrected chi connectivity index (χ1v) is 13.1. The number of benzene rings is 2. The van der Waals surface area contributed by atoms with E-state index in [1.807, 2.05) is 59.0 Å². The minimum atomic E-state index is -0.279. The number of aryl methyl sites for hydroxylation is 1. The van der Waals surface area contributed by atoms with E-state index in [2.05, 4.69) is 34.4 Å². The molecule has 2 amide bonds. The monoisotopic (exact) mass is 527 g/mol. The number of hydrogen-bond acceptors (Lipinski definition) is 7. The molecule has 0 radical (unpaired) electrons. The lowest BCUT2D eigenvalue weighted by Crippen LogP contribution is -2.50. The van der Waals surface area contributed by atoms with Gasteiger partial charge in [0.1, 0.15) is 17.2 Å². The molecule has 10 heteroatoms. The second-order valence-electron chi connectivity index (χ2n) is 9.83. The van der Waals surface area contributed by atoms with E-state index >= 15 is 0 Å². The normalized spacial score (nSPS) is 14.0. The van der Waals surface area contributed by atoms with E-state index in [0.29, 0.717) is 29.1 Å². The summed E-state index contributed by atoms with van der Waals surface area (Å²) in [6, 6.07) is 16.9. The van der Waals surface area contributed by atoms with Crippen LogP contribution >= 0.6 is 0 Å². The molecule has 0 atom stereocenters. The Labute approximate surface area is 227 Å². The summed E-state index contributed by atoms with van der Waals surface area (Å²) < 4.78 is 7.92. The third-order valence-electron chi connectivity index (χ3n) is 7.00. The van der Waals surface area contributed by atoms with Crippen molar-refractivity contribution in [2.45, 2.75) is 19.9 Å². The quantitative estimate of drug-likeness (QED) is 0.374. The zero-order valence-corrected chi connectivity index (χ0v) is 22.6. The van der Waals surface area contributed by atoms with Crippen LogP contribution in [0.5, 0.6) is 11.5 Å². The molecule has 1 aliphatic rings. The average molecular weight is 528 g/mol. The number of nitrogens with one attached hydrogen (secondary N) is 2. The number of carbonyl (C=O) groups is 2. The molecule has 0 bridgehead atoms. The number of rotatable bonds is 7. The summed E-state index contributed by atoms with van der Waals surface area (Å²) >= 11 is 0.